The van der Waals surface area contributed by atoms with Crippen molar-refractivity contribution in [3.05, 3.63) is 78.4 Å². The Kier molecular flexibility index (Phi) is 6.65. The molecule has 7 nitrogen and oxygen atoms in total. The molecular weight excluding hydrogens is 464 g/mol. The van der Waals surface area contributed by atoms with Crippen molar-refractivity contribution in [2.24, 2.45) is 5.41 Å². The topological polar surface area (TPSA) is 101 Å². The van der Waals surface area contributed by atoms with Crippen LogP contribution in [0.4, 0.5) is 0 Å². The van der Waals surface area contributed by atoms with Crippen molar-refractivity contribution in [2.75, 3.05) is 6.61 Å². The number of carbonyl (C=O) groups is 1. The lowest BCUT2D eigenvalue weighted by Crippen LogP contribution is -2.38. The van der Waals surface area contributed by atoms with Crippen molar-refractivity contribution in [1.82, 2.24) is 19.6 Å². The van der Waals surface area contributed by atoms with Gasteiger partial charge in [0.15, 0.2) is 5.65 Å². The van der Waals surface area contributed by atoms with Crippen LogP contribution in [0, 0.1) is 5.41 Å². The van der Waals surface area contributed by atoms with E-state index in [2.05, 4.69) is 19.6 Å². The van der Waals surface area contributed by atoms with E-state index in [4.69, 9.17) is 15.1 Å². The number of hydrogen-bond acceptors (Lipinski definition) is 5. The number of carboxylic acids is 1. The fraction of sp³-hybridized carbons (Fsp3) is 0.333. The number of aliphatic hydroxyl groups is 1. The molecule has 1 saturated carbocycles. The van der Waals surface area contributed by atoms with Crippen LogP contribution in [0.3, 0.4) is 0 Å². The highest BCUT2D eigenvalue weighted by Crippen LogP contribution is 2.45. The van der Waals surface area contributed by atoms with E-state index in [1.807, 2.05) is 60.2 Å². The zero-order chi connectivity index (χ0) is 26.2. The highest BCUT2D eigenvalue weighted by atomic mass is 16.4. The quantitative estimate of drug-likeness (QED) is 0.337. The second kappa shape index (κ2) is 9.90. The normalized spacial score (nSPS) is 19.7. The number of hydrogen-bond donors (Lipinski definition) is 2. The first kappa shape index (κ1) is 24.8. The van der Waals surface area contributed by atoms with E-state index >= 15 is 0 Å². The Balaban J connectivity index is 1.58. The van der Waals surface area contributed by atoms with Gasteiger partial charge in [-0.05, 0) is 50.7 Å². The number of nitrogens with zero attached hydrogens (tertiary/aromatic N) is 4. The molecule has 2 N–H and O–H groups in total. The highest BCUT2D eigenvalue weighted by molar-refractivity contribution is 5.80. The number of aromatic nitrogens is 4. The molecule has 0 amide bonds. The first-order valence-corrected chi connectivity index (χ1v) is 12.8. The van der Waals surface area contributed by atoms with Gasteiger partial charge in [0.2, 0.25) is 0 Å². The second-order valence-corrected chi connectivity index (χ2v) is 10.1. The van der Waals surface area contributed by atoms with Gasteiger partial charge in [-0.2, -0.15) is 5.10 Å². The molecule has 3 aromatic heterocycles. The molecule has 0 bridgehead atoms. The number of carboxylic acid groups (broad SMARTS) is 1. The Morgan fingerprint density at radius 3 is 2.41 bits per heavy atom. The Morgan fingerprint density at radius 2 is 1.84 bits per heavy atom. The first-order valence-electron chi connectivity index (χ1n) is 12.8. The Morgan fingerprint density at radius 1 is 1.11 bits per heavy atom. The number of allylic oxidation sites excluding steroid dienone is 1. The van der Waals surface area contributed by atoms with Crippen LogP contribution in [-0.2, 0) is 11.2 Å². The maximum Gasteiger partial charge on any atom is 0.311 e. The van der Waals surface area contributed by atoms with Crippen molar-refractivity contribution < 1.29 is 15.0 Å². The number of aryl methyl sites for hydroxylation is 1. The first-order chi connectivity index (χ1) is 17.9. The number of fused-ring (bicyclic) bond motifs is 1. The van der Waals surface area contributed by atoms with Gasteiger partial charge in [0, 0.05) is 34.4 Å². The lowest BCUT2D eigenvalue weighted by atomic mass is 9.69. The average Bonchev–Trinajstić information content (AvgIpc) is 3.36. The van der Waals surface area contributed by atoms with Crippen molar-refractivity contribution in [3.8, 4) is 22.4 Å². The van der Waals surface area contributed by atoms with Gasteiger partial charge in [0.1, 0.15) is 0 Å². The molecule has 5 rings (SSSR count). The van der Waals surface area contributed by atoms with Crippen LogP contribution < -0.4 is 0 Å². The molecule has 3 heterocycles. The van der Waals surface area contributed by atoms with Crippen LogP contribution in [0.2, 0.25) is 0 Å². The number of rotatable bonds is 7. The smallest absolute Gasteiger partial charge is 0.311 e. The van der Waals surface area contributed by atoms with Crippen LogP contribution in [0.1, 0.15) is 62.4 Å². The summed E-state index contributed by atoms with van der Waals surface area (Å²) in [5, 5.41) is 24.3. The number of aliphatic carboxylic acids is 1. The molecule has 1 fully saturated rings. The summed E-state index contributed by atoms with van der Waals surface area (Å²) in [6, 6.07) is 14.1. The van der Waals surface area contributed by atoms with E-state index in [0.717, 1.165) is 57.0 Å². The molecule has 4 aromatic rings. The average molecular weight is 497 g/mol. The van der Waals surface area contributed by atoms with Crippen LogP contribution >= 0.6 is 0 Å². The molecule has 0 aliphatic heterocycles. The summed E-state index contributed by atoms with van der Waals surface area (Å²) in [5.74, 6) is -0.835. The summed E-state index contributed by atoms with van der Waals surface area (Å²) in [4.78, 5) is 21.7. The van der Waals surface area contributed by atoms with E-state index in [1.165, 1.54) is 0 Å². The molecule has 7 heteroatoms. The van der Waals surface area contributed by atoms with Crippen LogP contribution in [-0.4, -0.2) is 42.4 Å². The summed E-state index contributed by atoms with van der Waals surface area (Å²) >= 11 is 0. The minimum Gasteiger partial charge on any atom is -0.481 e. The number of pyridine rings is 1. The maximum atomic E-state index is 11.9. The molecule has 0 atom stereocenters. The standard InChI is InChI=1S/C30H32N4O3/c1-4-25-26(19(2)3)27(21-12-14-30(18-35,15-13-21)29(36)37)33-28-23(17-32-34(25)28)22-10-11-24(31-16-22)20-8-6-5-7-9-20/h5-11,16-17,21,35H,2,4,12-15,18H2,1,3H3,(H,36,37). The number of aliphatic hydroxyl groups excluding tert-OH is 1. The van der Waals surface area contributed by atoms with E-state index in [9.17, 15) is 15.0 Å². The summed E-state index contributed by atoms with van der Waals surface area (Å²) in [5.41, 5.74) is 7.44. The minimum absolute atomic E-state index is 0.0855. The van der Waals surface area contributed by atoms with Gasteiger partial charge in [0.05, 0.1) is 35.3 Å². The third-order valence-corrected chi connectivity index (χ3v) is 7.76. The fourth-order valence-electron chi connectivity index (χ4n) is 5.58. The van der Waals surface area contributed by atoms with Crippen LogP contribution in [0.25, 0.3) is 33.6 Å². The zero-order valence-corrected chi connectivity index (χ0v) is 21.3. The van der Waals surface area contributed by atoms with Gasteiger partial charge in [0.25, 0.3) is 0 Å². The van der Waals surface area contributed by atoms with Gasteiger partial charge < -0.3 is 10.2 Å². The lowest BCUT2D eigenvalue weighted by molar-refractivity contribution is -0.154. The lowest BCUT2D eigenvalue weighted by Gasteiger charge is -2.36. The third kappa shape index (κ3) is 4.33. The van der Waals surface area contributed by atoms with Crippen LogP contribution in [0.15, 0.2) is 61.4 Å². The minimum atomic E-state index is -1.06. The monoisotopic (exact) mass is 496 g/mol. The maximum absolute atomic E-state index is 11.9. The molecule has 0 radical (unpaired) electrons. The zero-order valence-electron chi connectivity index (χ0n) is 21.3. The molecule has 1 aliphatic carbocycles. The number of benzene rings is 1. The van der Waals surface area contributed by atoms with Gasteiger partial charge in [-0.1, -0.05) is 49.9 Å². The largest absolute Gasteiger partial charge is 0.481 e. The molecular formula is C30H32N4O3. The summed E-state index contributed by atoms with van der Waals surface area (Å²) in [7, 11) is 0. The van der Waals surface area contributed by atoms with Gasteiger partial charge in [-0.3, -0.25) is 9.78 Å². The van der Waals surface area contributed by atoms with Crippen molar-refractivity contribution in [1.29, 1.82) is 0 Å². The predicted octanol–water partition coefficient (Wildman–Crippen LogP) is 5.77. The fourth-order valence-corrected chi connectivity index (χ4v) is 5.58. The van der Waals surface area contributed by atoms with Crippen molar-refractivity contribution in [3.63, 3.8) is 0 Å². The van der Waals surface area contributed by atoms with Crippen LogP contribution in [0.5, 0.6) is 0 Å². The van der Waals surface area contributed by atoms with Gasteiger partial charge in [-0.25, -0.2) is 9.50 Å². The molecule has 190 valence electrons. The molecule has 0 saturated heterocycles. The van der Waals surface area contributed by atoms with E-state index in [-0.39, 0.29) is 12.5 Å². The van der Waals surface area contributed by atoms with E-state index < -0.39 is 11.4 Å². The predicted molar refractivity (Wildman–Crippen MR) is 144 cm³/mol. The summed E-state index contributed by atoms with van der Waals surface area (Å²) in [6.07, 6.45) is 6.60. The molecule has 1 aromatic carbocycles. The van der Waals surface area contributed by atoms with Gasteiger partial charge >= 0.3 is 5.97 Å². The van der Waals surface area contributed by atoms with E-state index in [0.29, 0.717) is 25.7 Å². The summed E-state index contributed by atoms with van der Waals surface area (Å²) < 4.78 is 1.91. The van der Waals surface area contributed by atoms with Gasteiger partial charge in [-0.15, -0.1) is 0 Å². The Hall–Kier alpha value is -3.84. The molecule has 37 heavy (non-hydrogen) atoms. The molecule has 1 aliphatic rings. The Labute approximate surface area is 216 Å². The van der Waals surface area contributed by atoms with Crippen molar-refractivity contribution in [2.45, 2.75) is 51.9 Å². The van der Waals surface area contributed by atoms with Crippen molar-refractivity contribution >= 4 is 17.2 Å². The Bertz CT molecular complexity index is 1450. The second-order valence-electron chi connectivity index (χ2n) is 10.1. The SMILES string of the molecule is C=C(C)c1c(C2CCC(CO)(C(=O)O)CC2)nc2c(-c3ccc(-c4ccccc4)nc3)cnn2c1CC. The molecule has 0 spiro atoms. The highest BCUT2D eigenvalue weighted by Gasteiger charge is 2.42. The third-order valence-electron chi connectivity index (χ3n) is 7.76. The molecule has 0 unspecified atom stereocenters. The summed E-state index contributed by atoms with van der Waals surface area (Å²) in [6.45, 7) is 8.00. The van der Waals surface area contributed by atoms with E-state index in [1.54, 1.807) is 0 Å².